The highest BCUT2D eigenvalue weighted by Gasteiger charge is 2.11. The Labute approximate surface area is 126 Å². The highest BCUT2D eigenvalue weighted by atomic mass is 35.5. The van der Waals surface area contributed by atoms with E-state index in [4.69, 9.17) is 17.3 Å². The number of anilines is 1. The van der Waals surface area contributed by atoms with Gasteiger partial charge in [0.05, 0.1) is 17.6 Å². The van der Waals surface area contributed by atoms with Crippen molar-refractivity contribution in [3.8, 4) is 16.9 Å². The standard InChI is InChI=1S/C16H13ClFN3/c1-10-5-6-13(8-14(10)17)21-9-15(19)16(20-21)11-3-2-4-12(18)7-11/h2-9H,19H2,1H3. The van der Waals surface area contributed by atoms with Crippen molar-refractivity contribution in [2.24, 2.45) is 0 Å². The van der Waals surface area contributed by atoms with Crippen molar-refractivity contribution < 1.29 is 4.39 Å². The van der Waals surface area contributed by atoms with Crippen LogP contribution in [0.2, 0.25) is 5.02 Å². The number of halogens is 2. The molecule has 2 N–H and O–H groups in total. The van der Waals surface area contributed by atoms with Gasteiger partial charge in [-0.1, -0.05) is 29.8 Å². The van der Waals surface area contributed by atoms with E-state index in [2.05, 4.69) is 5.10 Å². The first-order valence-electron chi connectivity index (χ1n) is 6.42. The molecule has 0 atom stereocenters. The second-order valence-electron chi connectivity index (χ2n) is 4.82. The average Bonchev–Trinajstić information content (AvgIpc) is 2.84. The van der Waals surface area contributed by atoms with E-state index in [0.29, 0.717) is 22.0 Å². The van der Waals surface area contributed by atoms with Crippen LogP contribution in [0.1, 0.15) is 5.56 Å². The van der Waals surface area contributed by atoms with E-state index in [0.717, 1.165) is 11.3 Å². The molecule has 0 spiro atoms. The summed E-state index contributed by atoms with van der Waals surface area (Å²) in [6.07, 6.45) is 1.70. The minimum absolute atomic E-state index is 0.320. The van der Waals surface area contributed by atoms with Gasteiger partial charge in [0.15, 0.2) is 0 Å². The zero-order valence-corrected chi connectivity index (χ0v) is 12.1. The molecule has 0 aliphatic carbocycles. The van der Waals surface area contributed by atoms with Crippen LogP contribution in [-0.4, -0.2) is 9.78 Å². The summed E-state index contributed by atoms with van der Waals surface area (Å²) in [6.45, 7) is 1.93. The van der Waals surface area contributed by atoms with Gasteiger partial charge < -0.3 is 5.73 Å². The van der Waals surface area contributed by atoms with Crippen LogP contribution < -0.4 is 5.73 Å². The molecule has 1 aromatic heterocycles. The van der Waals surface area contributed by atoms with Gasteiger partial charge in [-0.15, -0.1) is 0 Å². The number of nitrogens with zero attached hydrogens (tertiary/aromatic N) is 2. The minimum atomic E-state index is -0.320. The number of aromatic nitrogens is 2. The predicted octanol–water partition coefficient (Wildman–Crippen LogP) is 4.22. The van der Waals surface area contributed by atoms with Gasteiger partial charge in [-0.3, -0.25) is 0 Å². The number of aryl methyl sites for hydroxylation is 1. The van der Waals surface area contributed by atoms with Crippen molar-refractivity contribution in [2.75, 3.05) is 5.73 Å². The van der Waals surface area contributed by atoms with Gasteiger partial charge in [-0.25, -0.2) is 9.07 Å². The average molecular weight is 302 g/mol. The van der Waals surface area contributed by atoms with E-state index in [-0.39, 0.29) is 5.82 Å². The smallest absolute Gasteiger partial charge is 0.123 e. The highest BCUT2D eigenvalue weighted by molar-refractivity contribution is 6.31. The lowest BCUT2D eigenvalue weighted by molar-refractivity contribution is 0.628. The van der Waals surface area contributed by atoms with Crippen molar-refractivity contribution in [3.05, 3.63) is 65.1 Å². The number of rotatable bonds is 2. The van der Waals surface area contributed by atoms with Crippen LogP contribution in [0.5, 0.6) is 0 Å². The van der Waals surface area contributed by atoms with E-state index in [1.54, 1.807) is 23.0 Å². The molecule has 0 radical (unpaired) electrons. The molecule has 1 heterocycles. The van der Waals surface area contributed by atoms with Crippen molar-refractivity contribution in [1.82, 2.24) is 9.78 Å². The second kappa shape index (κ2) is 5.22. The SMILES string of the molecule is Cc1ccc(-n2cc(N)c(-c3cccc(F)c3)n2)cc1Cl. The molecule has 0 saturated carbocycles. The summed E-state index contributed by atoms with van der Waals surface area (Å²) in [7, 11) is 0. The maximum atomic E-state index is 13.3. The molecule has 2 aromatic carbocycles. The van der Waals surface area contributed by atoms with Gasteiger partial charge in [0.1, 0.15) is 11.5 Å². The first kappa shape index (κ1) is 13.6. The molecule has 21 heavy (non-hydrogen) atoms. The molecule has 3 rings (SSSR count). The number of nitrogens with two attached hydrogens (primary N) is 1. The normalized spacial score (nSPS) is 10.8. The van der Waals surface area contributed by atoms with Crippen LogP contribution in [0, 0.1) is 12.7 Å². The van der Waals surface area contributed by atoms with Crippen molar-refractivity contribution >= 4 is 17.3 Å². The van der Waals surface area contributed by atoms with Gasteiger partial charge in [0.25, 0.3) is 0 Å². The molecule has 0 aliphatic rings. The number of nitrogen functional groups attached to an aromatic ring is 1. The summed E-state index contributed by atoms with van der Waals surface area (Å²) in [5.74, 6) is -0.320. The third-order valence-corrected chi connectivity index (χ3v) is 3.67. The Hall–Kier alpha value is -2.33. The molecule has 3 nitrogen and oxygen atoms in total. The fraction of sp³-hybridized carbons (Fsp3) is 0.0625. The van der Waals surface area contributed by atoms with E-state index in [9.17, 15) is 4.39 Å². The molecular weight excluding hydrogens is 289 g/mol. The predicted molar refractivity (Wildman–Crippen MR) is 83.1 cm³/mol. The lowest BCUT2D eigenvalue weighted by Gasteiger charge is -2.03. The largest absolute Gasteiger partial charge is 0.396 e. The fourth-order valence-electron chi connectivity index (χ4n) is 2.10. The molecule has 0 amide bonds. The topological polar surface area (TPSA) is 43.8 Å². The van der Waals surface area contributed by atoms with E-state index >= 15 is 0 Å². The van der Waals surface area contributed by atoms with Crippen LogP contribution in [0.15, 0.2) is 48.7 Å². The Morgan fingerprint density at radius 2 is 2.00 bits per heavy atom. The van der Waals surface area contributed by atoms with Crippen molar-refractivity contribution in [2.45, 2.75) is 6.92 Å². The molecule has 0 aliphatic heterocycles. The number of hydrogen-bond donors (Lipinski definition) is 1. The molecule has 0 unspecified atom stereocenters. The summed E-state index contributed by atoms with van der Waals surface area (Å²) in [5, 5.41) is 5.09. The van der Waals surface area contributed by atoms with Crippen LogP contribution >= 0.6 is 11.6 Å². The molecule has 0 fully saturated rings. The van der Waals surface area contributed by atoms with Crippen LogP contribution in [0.25, 0.3) is 16.9 Å². The Morgan fingerprint density at radius 3 is 2.71 bits per heavy atom. The Kier molecular flexibility index (Phi) is 3.39. The summed E-state index contributed by atoms with van der Waals surface area (Å²) >= 11 is 6.13. The van der Waals surface area contributed by atoms with Crippen LogP contribution in [-0.2, 0) is 0 Å². The summed E-state index contributed by atoms with van der Waals surface area (Å²) in [4.78, 5) is 0. The second-order valence-corrected chi connectivity index (χ2v) is 5.23. The molecule has 0 saturated heterocycles. The highest BCUT2D eigenvalue weighted by Crippen LogP contribution is 2.27. The van der Waals surface area contributed by atoms with E-state index < -0.39 is 0 Å². The van der Waals surface area contributed by atoms with Gasteiger partial charge in [-0.2, -0.15) is 5.10 Å². The molecule has 0 bridgehead atoms. The maximum Gasteiger partial charge on any atom is 0.123 e. The first-order chi connectivity index (χ1) is 10.0. The lowest BCUT2D eigenvalue weighted by Crippen LogP contribution is -1.95. The lowest BCUT2D eigenvalue weighted by atomic mass is 10.1. The summed E-state index contributed by atoms with van der Waals surface area (Å²) in [5.41, 5.74) is 9.46. The quantitative estimate of drug-likeness (QED) is 0.770. The Morgan fingerprint density at radius 1 is 1.19 bits per heavy atom. The maximum absolute atomic E-state index is 13.3. The van der Waals surface area contributed by atoms with Gasteiger partial charge in [0.2, 0.25) is 0 Å². The zero-order chi connectivity index (χ0) is 15.0. The summed E-state index contributed by atoms with van der Waals surface area (Å²) in [6, 6.07) is 11.8. The molecule has 5 heteroatoms. The van der Waals surface area contributed by atoms with Gasteiger partial charge in [-0.05, 0) is 36.8 Å². The van der Waals surface area contributed by atoms with Gasteiger partial charge >= 0.3 is 0 Å². The van der Waals surface area contributed by atoms with Crippen LogP contribution in [0.4, 0.5) is 10.1 Å². The fourth-order valence-corrected chi connectivity index (χ4v) is 2.28. The summed E-state index contributed by atoms with van der Waals surface area (Å²) < 4.78 is 15.0. The molecule has 106 valence electrons. The molecule has 3 aromatic rings. The zero-order valence-electron chi connectivity index (χ0n) is 11.3. The Bertz CT molecular complexity index is 811. The van der Waals surface area contributed by atoms with E-state index in [1.807, 2.05) is 25.1 Å². The first-order valence-corrected chi connectivity index (χ1v) is 6.80. The third kappa shape index (κ3) is 2.62. The number of benzene rings is 2. The van der Waals surface area contributed by atoms with Crippen molar-refractivity contribution in [3.63, 3.8) is 0 Å². The Balaban J connectivity index is 2.07. The minimum Gasteiger partial charge on any atom is -0.396 e. The number of hydrogen-bond acceptors (Lipinski definition) is 2. The van der Waals surface area contributed by atoms with Crippen molar-refractivity contribution in [1.29, 1.82) is 0 Å². The van der Waals surface area contributed by atoms with Crippen LogP contribution in [0.3, 0.4) is 0 Å². The monoisotopic (exact) mass is 301 g/mol. The van der Waals surface area contributed by atoms with E-state index in [1.165, 1.54) is 12.1 Å². The molecular formula is C16H13ClFN3. The third-order valence-electron chi connectivity index (χ3n) is 3.26. The van der Waals surface area contributed by atoms with Gasteiger partial charge in [0, 0.05) is 10.6 Å².